The zero-order valence-electron chi connectivity index (χ0n) is 12.5. The van der Waals surface area contributed by atoms with Crippen LogP contribution in [0.5, 0.6) is 0 Å². The fourth-order valence-corrected chi connectivity index (χ4v) is 3.07. The van der Waals surface area contributed by atoms with E-state index < -0.39 is 6.10 Å². The fraction of sp³-hybridized carbons (Fsp3) is 0.368. The summed E-state index contributed by atoms with van der Waals surface area (Å²) in [4.78, 5) is 0. The second kappa shape index (κ2) is 6.42. The number of aryl methyl sites for hydroxylation is 1. The first kappa shape index (κ1) is 14.3. The Morgan fingerprint density at radius 3 is 2.24 bits per heavy atom. The largest absolute Gasteiger partial charge is 0.387 e. The lowest BCUT2D eigenvalue weighted by Crippen LogP contribution is -2.33. The van der Waals surface area contributed by atoms with E-state index in [2.05, 4.69) is 48.6 Å². The highest BCUT2D eigenvalue weighted by atomic mass is 16.3. The van der Waals surface area contributed by atoms with Gasteiger partial charge in [-0.1, -0.05) is 55.5 Å². The van der Waals surface area contributed by atoms with Crippen molar-refractivity contribution in [2.45, 2.75) is 38.3 Å². The third-order valence-electron chi connectivity index (χ3n) is 4.42. The summed E-state index contributed by atoms with van der Waals surface area (Å²) in [5.74, 6) is 0. The van der Waals surface area contributed by atoms with Gasteiger partial charge >= 0.3 is 0 Å². The third kappa shape index (κ3) is 3.34. The van der Waals surface area contributed by atoms with Crippen LogP contribution in [0.15, 0.2) is 48.5 Å². The Labute approximate surface area is 126 Å². The van der Waals surface area contributed by atoms with Gasteiger partial charge < -0.3 is 10.4 Å². The molecule has 0 spiro atoms. The number of fused-ring (bicyclic) bond motifs is 1. The van der Waals surface area contributed by atoms with Crippen molar-refractivity contribution in [2.75, 3.05) is 6.54 Å². The van der Waals surface area contributed by atoms with Gasteiger partial charge in [0, 0.05) is 12.6 Å². The Balaban J connectivity index is 1.53. The lowest BCUT2D eigenvalue weighted by molar-refractivity contribution is 0.170. The molecule has 110 valence electrons. The molecule has 1 aliphatic rings. The second-order valence-electron chi connectivity index (χ2n) is 5.89. The normalized spacial score (nSPS) is 15.9. The van der Waals surface area contributed by atoms with Crippen LogP contribution in [0, 0.1) is 0 Å². The van der Waals surface area contributed by atoms with Gasteiger partial charge in [0.1, 0.15) is 0 Å². The molecule has 2 aromatic rings. The van der Waals surface area contributed by atoms with Crippen LogP contribution >= 0.6 is 0 Å². The van der Waals surface area contributed by atoms with Crippen LogP contribution in [0.2, 0.25) is 0 Å². The predicted octanol–water partition coefficient (Wildman–Crippen LogP) is 3.04. The standard InChI is InChI=1S/C19H23NO/c1-2-14-7-9-15(10-8-14)19(21)13-20-18-11-16-5-3-4-6-17(16)12-18/h3-10,18-21H,2,11-13H2,1H3. The molecule has 0 radical (unpaired) electrons. The number of aliphatic hydroxyl groups excluding tert-OH is 1. The molecule has 2 heteroatoms. The van der Waals surface area contributed by atoms with Crippen LogP contribution < -0.4 is 5.32 Å². The molecule has 2 nitrogen and oxygen atoms in total. The summed E-state index contributed by atoms with van der Waals surface area (Å²) in [6.45, 7) is 2.76. The first-order valence-electron chi connectivity index (χ1n) is 7.83. The lowest BCUT2D eigenvalue weighted by Gasteiger charge is -2.16. The minimum absolute atomic E-state index is 0.431. The minimum Gasteiger partial charge on any atom is -0.387 e. The topological polar surface area (TPSA) is 32.3 Å². The monoisotopic (exact) mass is 281 g/mol. The van der Waals surface area contributed by atoms with E-state index in [4.69, 9.17) is 0 Å². The number of nitrogens with one attached hydrogen (secondary N) is 1. The second-order valence-corrected chi connectivity index (χ2v) is 5.89. The smallest absolute Gasteiger partial charge is 0.0914 e. The van der Waals surface area contributed by atoms with Gasteiger partial charge in [-0.25, -0.2) is 0 Å². The summed E-state index contributed by atoms with van der Waals surface area (Å²) < 4.78 is 0. The summed E-state index contributed by atoms with van der Waals surface area (Å²) in [5, 5.41) is 13.8. The zero-order valence-corrected chi connectivity index (χ0v) is 12.5. The molecule has 2 aromatic carbocycles. The molecule has 0 saturated carbocycles. The van der Waals surface area contributed by atoms with Gasteiger partial charge in [-0.2, -0.15) is 0 Å². The summed E-state index contributed by atoms with van der Waals surface area (Å²) in [5.41, 5.74) is 5.19. The molecular formula is C19H23NO. The molecule has 1 unspecified atom stereocenters. The maximum atomic E-state index is 10.3. The van der Waals surface area contributed by atoms with Gasteiger partial charge in [0.05, 0.1) is 6.10 Å². The van der Waals surface area contributed by atoms with Crippen LogP contribution in [0.3, 0.4) is 0 Å². The maximum absolute atomic E-state index is 10.3. The lowest BCUT2D eigenvalue weighted by atomic mass is 10.1. The molecular weight excluding hydrogens is 258 g/mol. The zero-order chi connectivity index (χ0) is 14.7. The van der Waals surface area contributed by atoms with E-state index in [1.165, 1.54) is 16.7 Å². The van der Waals surface area contributed by atoms with Crippen LogP contribution in [0.1, 0.15) is 35.3 Å². The van der Waals surface area contributed by atoms with E-state index in [-0.39, 0.29) is 0 Å². The van der Waals surface area contributed by atoms with E-state index in [0.29, 0.717) is 12.6 Å². The Bertz CT molecular complexity index is 566. The highest BCUT2D eigenvalue weighted by molar-refractivity contribution is 5.33. The quantitative estimate of drug-likeness (QED) is 0.883. The number of rotatable bonds is 5. The first-order chi connectivity index (χ1) is 10.3. The van der Waals surface area contributed by atoms with Crippen molar-refractivity contribution < 1.29 is 5.11 Å². The van der Waals surface area contributed by atoms with Gasteiger partial charge in [-0.3, -0.25) is 0 Å². The Kier molecular flexibility index (Phi) is 4.37. The maximum Gasteiger partial charge on any atom is 0.0914 e. The van der Waals surface area contributed by atoms with Crippen molar-refractivity contribution in [3.63, 3.8) is 0 Å². The van der Waals surface area contributed by atoms with E-state index in [1.54, 1.807) is 0 Å². The highest BCUT2D eigenvalue weighted by Gasteiger charge is 2.21. The van der Waals surface area contributed by atoms with Crippen molar-refractivity contribution in [3.8, 4) is 0 Å². The average molecular weight is 281 g/mol. The molecule has 21 heavy (non-hydrogen) atoms. The highest BCUT2D eigenvalue weighted by Crippen LogP contribution is 2.22. The number of aliphatic hydroxyl groups is 1. The van der Waals surface area contributed by atoms with Gasteiger partial charge in [0.15, 0.2) is 0 Å². The van der Waals surface area contributed by atoms with Gasteiger partial charge in [-0.05, 0) is 41.5 Å². The molecule has 1 aliphatic carbocycles. The van der Waals surface area contributed by atoms with E-state index >= 15 is 0 Å². The predicted molar refractivity (Wildman–Crippen MR) is 86.4 cm³/mol. The van der Waals surface area contributed by atoms with Crippen LogP contribution in [-0.4, -0.2) is 17.7 Å². The Morgan fingerprint density at radius 2 is 1.67 bits per heavy atom. The third-order valence-corrected chi connectivity index (χ3v) is 4.42. The fourth-order valence-electron chi connectivity index (χ4n) is 3.07. The molecule has 2 N–H and O–H groups in total. The molecule has 0 bridgehead atoms. The van der Waals surface area contributed by atoms with Crippen molar-refractivity contribution in [1.29, 1.82) is 0 Å². The van der Waals surface area contributed by atoms with Gasteiger partial charge in [0.2, 0.25) is 0 Å². The van der Waals surface area contributed by atoms with Crippen molar-refractivity contribution in [3.05, 3.63) is 70.8 Å². The van der Waals surface area contributed by atoms with E-state index in [0.717, 1.165) is 24.8 Å². The summed E-state index contributed by atoms with van der Waals surface area (Å²) in [6.07, 6.45) is 2.74. The molecule has 0 amide bonds. The first-order valence-corrected chi connectivity index (χ1v) is 7.83. The average Bonchev–Trinajstić information content (AvgIpc) is 2.95. The molecule has 0 fully saturated rings. The SMILES string of the molecule is CCc1ccc(C(O)CNC2Cc3ccccc3C2)cc1. The molecule has 0 aliphatic heterocycles. The van der Waals surface area contributed by atoms with E-state index in [1.807, 2.05) is 12.1 Å². The van der Waals surface area contributed by atoms with Crippen LogP contribution in [0.4, 0.5) is 0 Å². The Hall–Kier alpha value is -1.64. The van der Waals surface area contributed by atoms with Crippen molar-refractivity contribution >= 4 is 0 Å². The molecule has 1 atom stereocenters. The summed E-state index contributed by atoms with van der Waals surface area (Å²) in [7, 11) is 0. The van der Waals surface area contributed by atoms with Gasteiger partial charge in [-0.15, -0.1) is 0 Å². The van der Waals surface area contributed by atoms with Crippen molar-refractivity contribution in [1.82, 2.24) is 5.32 Å². The van der Waals surface area contributed by atoms with E-state index in [9.17, 15) is 5.11 Å². The number of benzene rings is 2. The van der Waals surface area contributed by atoms with Crippen LogP contribution in [-0.2, 0) is 19.3 Å². The summed E-state index contributed by atoms with van der Waals surface area (Å²) in [6, 6.07) is 17.3. The molecule has 0 saturated heterocycles. The Morgan fingerprint density at radius 1 is 1.05 bits per heavy atom. The molecule has 0 heterocycles. The van der Waals surface area contributed by atoms with Crippen LogP contribution in [0.25, 0.3) is 0 Å². The minimum atomic E-state index is -0.431. The molecule has 3 rings (SSSR count). The number of hydrogen-bond acceptors (Lipinski definition) is 2. The summed E-state index contributed by atoms with van der Waals surface area (Å²) >= 11 is 0. The molecule has 0 aromatic heterocycles. The van der Waals surface area contributed by atoms with Crippen molar-refractivity contribution in [2.24, 2.45) is 0 Å². The number of hydrogen-bond donors (Lipinski definition) is 2. The van der Waals surface area contributed by atoms with Gasteiger partial charge in [0.25, 0.3) is 0 Å².